The van der Waals surface area contributed by atoms with Crippen molar-refractivity contribution in [3.8, 4) is 0 Å². The minimum atomic E-state index is -0.264. The van der Waals surface area contributed by atoms with Gasteiger partial charge in [-0.05, 0) is 0 Å². The van der Waals surface area contributed by atoms with E-state index in [9.17, 15) is 4.79 Å². The Morgan fingerprint density at radius 2 is 2.58 bits per heavy atom. The van der Waals surface area contributed by atoms with Crippen LogP contribution in [0.2, 0.25) is 0 Å². The number of carbonyl (C=O) groups is 1. The normalized spacial score (nSPS) is 23.6. The molecule has 1 atom stereocenters. The number of carbonyl (C=O) groups excluding carboxylic acids is 1. The number of cyclic esters (lactones) is 1. The average molecular weight is 170 g/mol. The topological polar surface area (TPSA) is 55.6 Å². The third-order valence-electron chi connectivity index (χ3n) is 1.86. The molecule has 68 valence electrons. The van der Waals surface area contributed by atoms with E-state index in [1.54, 1.807) is 11.0 Å². The predicted octanol–water partition coefficient (Wildman–Crippen LogP) is 0.199. The lowest BCUT2D eigenvalue weighted by molar-refractivity contribution is 0.0500. The monoisotopic (exact) mass is 170 g/mol. The highest BCUT2D eigenvalue weighted by molar-refractivity contribution is 5.68. The first-order valence-electron chi connectivity index (χ1n) is 4.00. The molecule has 0 aromatic heterocycles. The first-order chi connectivity index (χ1) is 5.77. The van der Waals surface area contributed by atoms with Crippen molar-refractivity contribution in [2.24, 2.45) is 11.7 Å². The SMILES string of the molecule is C=CCN1CC(CN)COC1=O. The summed E-state index contributed by atoms with van der Waals surface area (Å²) in [5.41, 5.74) is 5.46. The molecule has 1 fully saturated rings. The number of hydrogen-bond acceptors (Lipinski definition) is 3. The molecule has 0 aliphatic carbocycles. The summed E-state index contributed by atoms with van der Waals surface area (Å²) in [7, 11) is 0. The van der Waals surface area contributed by atoms with Crippen molar-refractivity contribution >= 4 is 6.09 Å². The lowest BCUT2D eigenvalue weighted by Gasteiger charge is -2.30. The van der Waals surface area contributed by atoms with Crippen molar-refractivity contribution in [3.05, 3.63) is 12.7 Å². The summed E-state index contributed by atoms with van der Waals surface area (Å²) in [4.78, 5) is 12.7. The summed E-state index contributed by atoms with van der Waals surface area (Å²) in [5, 5.41) is 0. The van der Waals surface area contributed by atoms with Gasteiger partial charge in [0.25, 0.3) is 0 Å². The highest BCUT2D eigenvalue weighted by Gasteiger charge is 2.24. The van der Waals surface area contributed by atoms with Crippen LogP contribution in [0.25, 0.3) is 0 Å². The van der Waals surface area contributed by atoms with Gasteiger partial charge in [0.2, 0.25) is 0 Å². The van der Waals surface area contributed by atoms with E-state index in [-0.39, 0.29) is 12.0 Å². The summed E-state index contributed by atoms with van der Waals surface area (Å²) in [5.74, 6) is 0.266. The van der Waals surface area contributed by atoms with Gasteiger partial charge in [0.05, 0.1) is 6.61 Å². The number of amides is 1. The summed E-state index contributed by atoms with van der Waals surface area (Å²) < 4.78 is 4.91. The smallest absolute Gasteiger partial charge is 0.410 e. The maximum atomic E-state index is 11.1. The second-order valence-electron chi connectivity index (χ2n) is 2.87. The molecule has 2 N–H and O–H groups in total. The third-order valence-corrected chi connectivity index (χ3v) is 1.86. The standard InChI is InChI=1S/C8H14N2O2/c1-2-3-10-5-7(4-9)6-12-8(10)11/h2,7H,1,3-6,9H2. The van der Waals surface area contributed by atoms with Crippen molar-refractivity contribution in [3.63, 3.8) is 0 Å². The maximum absolute atomic E-state index is 11.1. The van der Waals surface area contributed by atoms with E-state index in [1.165, 1.54) is 0 Å². The van der Waals surface area contributed by atoms with Gasteiger partial charge in [0.1, 0.15) is 0 Å². The molecule has 0 radical (unpaired) electrons. The highest BCUT2D eigenvalue weighted by Crippen LogP contribution is 2.09. The van der Waals surface area contributed by atoms with Crippen LogP contribution in [0, 0.1) is 5.92 Å². The molecule has 0 saturated carbocycles. The molecule has 1 rings (SSSR count). The van der Waals surface area contributed by atoms with E-state index in [1.807, 2.05) is 0 Å². The first-order valence-corrected chi connectivity index (χ1v) is 4.00. The van der Waals surface area contributed by atoms with Crippen LogP contribution >= 0.6 is 0 Å². The fourth-order valence-corrected chi connectivity index (χ4v) is 1.17. The summed E-state index contributed by atoms with van der Waals surface area (Å²) >= 11 is 0. The Kier molecular flexibility index (Phi) is 3.10. The van der Waals surface area contributed by atoms with Crippen LogP contribution in [-0.4, -0.2) is 37.2 Å². The van der Waals surface area contributed by atoms with E-state index in [0.29, 0.717) is 26.2 Å². The Balaban J connectivity index is 2.46. The largest absolute Gasteiger partial charge is 0.449 e. The maximum Gasteiger partial charge on any atom is 0.410 e. The Morgan fingerprint density at radius 3 is 3.17 bits per heavy atom. The van der Waals surface area contributed by atoms with Gasteiger partial charge in [-0.3, -0.25) is 0 Å². The van der Waals surface area contributed by atoms with Gasteiger partial charge < -0.3 is 15.4 Å². The number of nitrogens with zero attached hydrogens (tertiary/aromatic N) is 1. The Hall–Kier alpha value is -1.03. The van der Waals surface area contributed by atoms with E-state index >= 15 is 0 Å². The molecule has 1 aliphatic rings. The van der Waals surface area contributed by atoms with Gasteiger partial charge in [-0.2, -0.15) is 0 Å². The van der Waals surface area contributed by atoms with Crippen molar-refractivity contribution in [2.75, 3.05) is 26.2 Å². The van der Waals surface area contributed by atoms with Crippen molar-refractivity contribution in [1.82, 2.24) is 4.90 Å². The fraction of sp³-hybridized carbons (Fsp3) is 0.625. The molecule has 0 spiro atoms. The van der Waals surface area contributed by atoms with E-state index in [4.69, 9.17) is 10.5 Å². The molecule has 1 heterocycles. The Morgan fingerprint density at radius 1 is 1.83 bits per heavy atom. The molecule has 1 amide bonds. The van der Waals surface area contributed by atoms with Crippen LogP contribution in [-0.2, 0) is 4.74 Å². The zero-order valence-corrected chi connectivity index (χ0v) is 7.03. The molecule has 0 bridgehead atoms. The van der Waals surface area contributed by atoms with Gasteiger partial charge in [-0.1, -0.05) is 6.08 Å². The van der Waals surface area contributed by atoms with Crippen molar-refractivity contribution in [1.29, 1.82) is 0 Å². The minimum Gasteiger partial charge on any atom is -0.449 e. The van der Waals surface area contributed by atoms with Gasteiger partial charge in [0.15, 0.2) is 0 Å². The van der Waals surface area contributed by atoms with Gasteiger partial charge in [-0.25, -0.2) is 4.79 Å². The van der Waals surface area contributed by atoms with Crippen LogP contribution in [0.15, 0.2) is 12.7 Å². The second kappa shape index (κ2) is 4.11. The second-order valence-corrected chi connectivity index (χ2v) is 2.87. The molecule has 1 unspecified atom stereocenters. The molecule has 1 aliphatic heterocycles. The molecule has 12 heavy (non-hydrogen) atoms. The molecule has 4 heteroatoms. The summed E-state index contributed by atoms with van der Waals surface area (Å²) in [6.45, 7) is 5.78. The molecular weight excluding hydrogens is 156 g/mol. The highest BCUT2D eigenvalue weighted by atomic mass is 16.6. The van der Waals surface area contributed by atoms with Crippen LogP contribution in [0.4, 0.5) is 4.79 Å². The van der Waals surface area contributed by atoms with Crippen LogP contribution < -0.4 is 5.73 Å². The van der Waals surface area contributed by atoms with Gasteiger partial charge in [0, 0.05) is 25.6 Å². The molecule has 1 saturated heterocycles. The number of ether oxygens (including phenoxy) is 1. The lowest BCUT2D eigenvalue weighted by Crippen LogP contribution is -2.45. The molecule has 0 aromatic rings. The summed E-state index contributed by atoms with van der Waals surface area (Å²) in [6, 6.07) is 0. The lowest BCUT2D eigenvalue weighted by atomic mass is 10.1. The molecule has 4 nitrogen and oxygen atoms in total. The number of rotatable bonds is 3. The number of hydrogen-bond donors (Lipinski definition) is 1. The zero-order valence-electron chi connectivity index (χ0n) is 7.03. The van der Waals surface area contributed by atoms with Gasteiger partial charge in [-0.15, -0.1) is 6.58 Å². The van der Waals surface area contributed by atoms with E-state index < -0.39 is 0 Å². The average Bonchev–Trinajstić information content (AvgIpc) is 2.09. The van der Waals surface area contributed by atoms with Crippen LogP contribution in [0.3, 0.4) is 0 Å². The third kappa shape index (κ3) is 1.98. The van der Waals surface area contributed by atoms with E-state index in [2.05, 4.69) is 6.58 Å². The number of nitrogens with two attached hydrogens (primary N) is 1. The fourth-order valence-electron chi connectivity index (χ4n) is 1.17. The van der Waals surface area contributed by atoms with Crippen LogP contribution in [0.5, 0.6) is 0 Å². The summed E-state index contributed by atoms with van der Waals surface area (Å²) in [6.07, 6.45) is 1.42. The molecular formula is C8H14N2O2. The Labute approximate surface area is 72.0 Å². The van der Waals surface area contributed by atoms with Crippen LogP contribution in [0.1, 0.15) is 0 Å². The van der Waals surface area contributed by atoms with Crippen molar-refractivity contribution < 1.29 is 9.53 Å². The quantitative estimate of drug-likeness (QED) is 0.615. The van der Waals surface area contributed by atoms with Gasteiger partial charge >= 0.3 is 6.09 Å². The predicted molar refractivity (Wildman–Crippen MR) is 45.7 cm³/mol. The Bertz CT molecular complexity index is 182. The first kappa shape index (κ1) is 9.06. The molecule has 0 aromatic carbocycles. The van der Waals surface area contributed by atoms with Crippen molar-refractivity contribution in [2.45, 2.75) is 0 Å². The van der Waals surface area contributed by atoms with E-state index in [0.717, 1.165) is 0 Å². The zero-order chi connectivity index (χ0) is 8.97. The minimum absolute atomic E-state index is 0.264.